The van der Waals surface area contributed by atoms with Crippen molar-refractivity contribution < 1.29 is 83.4 Å². The van der Waals surface area contributed by atoms with Gasteiger partial charge in [-0.3, -0.25) is 0 Å². The Morgan fingerprint density at radius 2 is 1.11 bits per heavy atom. The summed E-state index contributed by atoms with van der Waals surface area (Å²) in [6, 6.07) is 5.86. The van der Waals surface area contributed by atoms with Crippen LogP contribution in [0.2, 0.25) is 0 Å². The Hall–Kier alpha value is -0.294. The maximum Gasteiger partial charge on any atom is 1.00 e. The van der Waals surface area contributed by atoms with Crippen molar-refractivity contribution in [3.8, 4) is 0 Å². The van der Waals surface area contributed by atoms with Crippen molar-refractivity contribution in [3.63, 3.8) is 0 Å². The fourth-order valence-corrected chi connectivity index (χ4v) is 4.87. The second-order valence-electron chi connectivity index (χ2n) is 9.72. The van der Waals surface area contributed by atoms with Crippen LogP contribution in [0.5, 0.6) is 0 Å². The van der Waals surface area contributed by atoms with E-state index in [1.54, 1.807) is 6.07 Å². The van der Waals surface area contributed by atoms with Crippen molar-refractivity contribution in [2.75, 3.05) is 6.61 Å². The van der Waals surface area contributed by atoms with E-state index >= 15 is 0 Å². The van der Waals surface area contributed by atoms with Gasteiger partial charge in [0, 0.05) is 0 Å². The van der Waals surface area contributed by atoms with Crippen molar-refractivity contribution in [1.82, 2.24) is 0 Å². The third-order valence-corrected chi connectivity index (χ3v) is 7.57. The smallest absolute Gasteiger partial charge is 0.745 e. The standard InChI is InChI=1S/C29H48O7S.K/c1-3-5-6-7-8-9-10-11-12-13-14-15-16-17-18-21-24-35-28(30)25-22-19-20-23-26(25)29(31)36-27(4-2)37(32,33)34;/h19-20,22-23,27H,3-18,21,24H2,1-2H3,(H,32,33,34);/q;+1/p-1. The fraction of sp³-hybridized carbons (Fsp3) is 0.724. The third-order valence-electron chi connectivity index (χ3n) is 6.49. The molecule has 38 heavy (non-hydrogen) atoms. The normalized spacial score (nSPS) is 12.0. The van der Waals surface area contributed by atoms with E-state index < -0.39 is 27.5 Å². The maximum absolute atomic E-state index is 12.5. The van der Waals surface area contributed by atoms with Crippen molar-refractivity contribution in [3.05, 3.63) is 35.4 Å². The summed E-state index contributed by atoms with van der Waals surface area (Å²) < 4.78 is 43.8. The van der Waals surface area contributed by atoms with Gasteiger partial charge in [0.1, 0.15) is 10.1 Å². The molecule has 0 fully saturated rings. The average molecular weight is 579 g/mol. The van der Waals surface area contributed by atoms with Gasteiger partial charge in [-0.25, -0.2) is 18.0 Å². The van der Waals surface area contributed by atoms with Gasteiger partial charge in [-0.15, -0.1) is 0 Å². The Morgan fingerprint density at radius 1 is 0.711 bits per heavy atom. The van der Waals surface area contributed by atoms with Gasteiger partial charge in [-0.05, 0) is 25.0 Å². The summed E-state index contributed by atoms with van der Waals surface area (Å²) in [5, 5.41) is 0. The summed E-state index contributed by atoms with van der Waals surface area (Å²) >= 11 is 0. The molecule has 1 aromatic carbocycles. The van der Waals surface area contributed by atoms with Gasteiger partial charge in [0.25, 0.3) is 0 Å². The van der Waals surface area contributed by atoms with Gasteiger partial charge in [0.05, 0.1) is 17.7 Å². The van der Waals surface area contributed by atoms with Crippen LogP contribution in [0.4, 0.5) is 0 Å². The Balaban J connectivity index is 0.0000137. The Morgan fingerprint density at radius 3 is 1.50 bits per heavy atom. The average Bonchev–Trinajstić information content (AvgIpc) is 2.88. The zero-order valence-electron chi connectivity index (χ0n) is 23.9. The predicted octanol–water partition coefficient (Wildman–Crippen LogP) is 4.55. The molecule has 7 nitrogen and oxygen atoms in total. The third kappa shape index (κ3) is 17.4. The first-order chi connectivity index (χ1) is 17.8. The van der Waals surface area contributed by atoms with Crippen LogP contribution in [0.25, 0.3) is 0 Å². The fourth-order valence-electron chi connectivity index (χ4n) is 4.26. The van der Waals surface area contributed by atoms with E-state index in [0.717, 1.165) is 19.3 Å². The van der Waals surface area contributed by atoms with E-state index in [0.29, 0.717) is 0 Å². The molecule has 0 amide bonds. The molecule has 1 unspecified atom stereocenters. The van der Waals surface area contributed by atoms with E-state index in [1.807, 2.05) is 0 Å². The van der Waals surface area contributed by atoms with Crippen LogP contribution >= 0.6 is 0 Å². The van der Waals surface area contributed by atoms with Crippen LogP contribution in [-0.2, 0) is 19.6 Å². The van der Waals surface area contributed by atoms with Crippen molar-refractivity contribution in [2.24, 2.45) is 0 Å². The van der Waals surface area contributed by atoms with Crippen molar-refractivity contribution in [2.45, 2.75) is 128 Å². The van der Waals surface area contributed by atoms with E-state index in [1.165, 1.54) is 109 Å². The molecule has 1 atom stereocenters. The minimum absolute atomic E-state index is 0. The first kappa shape index (κ1) is 37.7. The molecule has 0 N–H and O–H groups in total. The Bertz CT molecular complexity index is 873. The molecule has 1 rings (SSSR count). The first-order valence-corrected chi connectivity index (χ1v) is 15.7. The molecule has 1 aromatic rings. The molecule has 0 radical (unpaired) electrons. The molecule has 0 aliphatic heterocycles. The molecule has 0 saturated carbocycles. The van der Waals surface area contributed by atoms with Crippen LogP contribution in [0.15, 0.2) is 24.3 Å². The van der Waals surface area contributed by atoms with Gasteiger partial charge in [0.2, 0.25) is 0 Å². The van der Waals surface area contributed by atoms with Crippen LogP contribution in [0, 0.1) is 0 Å². The number of esters is 2. The second kappa shape index (κ2) is 23.4. The molecular weight excluding hydrogens is 531 g/mol. The van der Waals surface area contributed by atoms with Crippen LogP contribution in [0.3, 0.4) is 0 Å². The minimum atomic E-state index is -4.80. The van der Waals surface area contributed by atoms with Gasteiger partial charge < -0.3 is 14.0 Å². The van der Waals surface area contributed by atoms with Crippen LogP contribution < -0.4 is 51.4 Å². The van der Waals surface area contributed by atoms with E-state index in [-0.39, 0.29) is 75.5 Å². The molecule has 0 spiro atoms. The number of rotatable bonds is 22. The SMILES string of the molecule is CCCCCCCCCCCCCCCCCCOC(=O)c1ccccc1C(=O)OC(CC)S(=O)(=O)[O-].[K+]. The largest absolute Gasteiger partial charge is 1.00 e. The van der Waals surface area contributed by atoms with Crippen molar-refractivity contribution >= 4 is 22.1 Å². The number of hydrogen-bond acceptors (Lipinski definition) is 7. The number of carbonyl (C=O) groups excluding carboxylic acids is 2. The topological polar surface area (TPSA) is 110 Å². The minimum Gasteiger partial charge on any atom is -0.745 e. The van der Waals surface area contributed by atoms with Gasteiger partial charge in [-0.1, -0.05) is 122 Å². The number of hydrogen-bond donors (Lipinski definition) is 0. The Labute approximate surface area is 273 Å². The number of benzene rings is 1. The van der Waals surface area contributed by atoms with Crippen molar-refractivity contribution in [1.29, 1.82) is 0 Å². The summed E-state index contributed by atoms with van der Waals surface area (Å²) in [5.41, 5.74) is -1.93. The molecule has 212 valence electrons. The summed E-state index contributed by atoms with van der Waals surface area (Å²) in [4.78, 5) is 24.9. The zero-order chi connectivity index (χ0) is 27.4. The summed E-state index contributed by atoms with van der Waals surface area (Å²) in [5.74, 6) is -1.72. The number of carbonyl (C=O) groups is 2. The number of unbranched alkanes of at least 4 members (excludes halogenated alkanes) is 15. The molecule has 0 aliphatic carbocycles. The van der Waals surface area contributed by atoms with Crippen LogP contribution in [-0.4, -0.2) is 37.0 Å². The van der Waals surface area contributed by atoms with E-state index in [9.17, 15) is 22.6 Å². The zero-order valence-corrected chi connectivity index (χ0v) is 27.8. The molecule has 0 bridgehead atoms. The quantitative estimate of drug-likeness (QED) is 0.0859. The van der Waals surface area contributed by atoms with Crippen LogP contribution in [0.1, 0.15) is 144 Å². The molecule has 0 heterocycles. The van der Waals surface area contributed by atoms with Gasteiger partial charge >= 0.3 is 63.3 Å². The monoisotopic (exact) mass is 578 g/mol. The first-order valence-electron chi connectivity index (χ1n) is 14.2. The number of ether oxygens (including phenoxy) is 2. The Kier molecular flexibility index (Phi) is 23.2. The summed E-state index contributed by atoms with van der Waals surface area (Å²) in [7, 11) is -4.80. The van der Waals surface area contributed by atoms with Gasteiger partial charge in [-0.2, -0.15) is 0 Å². The molecule has 9 heteroatoms. The molecule has 0 saturated heterocycles. The molecule has 0 aliphatic rings. The van der Waals surface area contributed by atoms with Gasteiger partial charge in [0.15, 0.2) is 5.44 Å². The summed E-state index contributed by atoms with van der Waals surface area (Å²) in [6.07, 6.45) is 20.0. The second-order valence-corrected chi connectivity index (χ2v) is 11.2. The van der Waals surface area contributed by atoms with E-state index in [2.05, 4.69) is 6.92 Å². The summed E-state index contributed by atoms with van der Waals surface area (Å²) in [6.45, 7) is 3.92. The maximum atomic E-state index is 12.5. The van der Waals surface area contributed by atoms with E-state index in [4.69, 9.17) is 9.47 Å². The predicted molar refractivity (Wildman–Crippen MR) is 145 cm³/mol. The molecule has 0 aromatic heterocycles. The molecular formula is C29H47KO7S.